The predicted octanol–water partition coefficient (Wildman–Crippen LogP) is 1.87. The first-order valence-corrected chi connectivity index (χ1v) is 5.79. The van der Waals surface area contributed by atoms with E-state index in [1.807, 2.05) is 25.1 Å². The molecule has 0 saturated carbocycles. The zero-order valence-electron chi connectivity index (χ0n) is 10.5. The molecule has 1 aromatic carbocycles. The van der Waals surface area contributed by atoms with Crippen LogP contribution in [0.2, 0.25) is 0 Å². The van der Waals surface area contributed by atoms with Crippen LogP contribution in [0.3, 0.4) is 0 Å². The molecule has 1 atom stereocenters. The van der Waals surface area contributed by atoms with Crippen molar-refractivity contribution in [1.82, 2.24) is 5.43 Å². The Kier molecular flexibility index (Phi) is 6.16. The van der Waals surface area contributed by atoms with Crippen molar-refractivity contribution < 1.29 is 4.74 Å². The predicted molar refractivity (Wildman–Crippen MR) is 70.5 cm³/mol. The summed E-state index contributed by atoms with van der Waals surface area (Å²) < 4.78 is 5.32. The first-order valence-electron chi connectivity index (χ1n) is 5.79. The number of hydrogen-bond acceptors (Lipinski definition) is 3. The highest BCUT2D eigenvalue weighted by molar-refractivity contribution is 5.33. The maximum atomic E-state index is 5.56. The lowest BCUT2D eigenvalue weighted by Gasteiger charge is -2.16. The molecule has 17 heavy (non-hydrogen) atoms. The van der Waals surface area contributed by atoms with E-state index in [2.05, 4.69) is 23.3 Å². The molecule has 0 amide bonds. The quantitative estimate of drug-likeness (QED) is 0.447. The fraction of sp³-hybridized carbons (Fsp3) is 0.429. The second kappa shape index (κ2) is 7.72. The minimum absolute atomic E-state index is 0.229. The van der Waals surface area contributed by atoms with Crippen molar-refractivity contribution in [3.63, 3.8) is 0 Å². The Labute approximate surface area is 103 Å². The molecule has 0 fully saturated rings. The molecule has 0 radical (unpaired) electrons. The molecule has 0 heterocycles. The van der Waals surface area contributed by atoms with Crippen molar-refractivity contribution >= 4 is 0 Å². The van der Waals surface area contributed by atoms with Gasteiger partial charge >= 0.3 is 0 Å². The van der Waals surface area contributed by atoms with Crippen LogP contribution < -0.4 is 16.0 Å². The van der Waals surface area contributed by atoms with Crippen LogP contribution in [-0.2, 0) is 6.42 Å². The van der Waals surface area contributed by atoms with Gasteiger partial charge in [-0.05, 0) is 31.4 Å². The molecule has 0 bridgehead atoms. The fourth-order valence-electron chi connectivity index (χ4n) is 1.75. The Balaban J connectivity index is 2.62. The first-order chi connectivity index (χ1) is 8.31. The van der Waals surface area contributed by atoms with E-state index < -0.39 is 0 Å². The molecule has 1 aromatic rings. The van der Waals surface area contributed by atoms with Gasteiger partial charge in [0, 0.05) is 12.5 Å². The van der Waals surface area contributed by atoms with Crippen LogP contribution in [0.5, 0.6) is 5.75 Å². The molecule has 0 aromatic heterocycles. The maximum Gasteiger partial charge on any atom is 0.122 e. The van der Waals surface area contributed by atoms with E-state index in [4.69, 9.17) is 10.6 Å². The van der Waals surface area contributed by atoms with Crippen molar-refractivity contribution in [2.24, 2.45) is 5.84 Å². The molecule has 1 unspecified atom stereocenters. The molecule has 0 aliphatic carbocycles. The van der Waals surface area contributed by atoms with Crippen LogP contribution in [0.4, 0.5) is 0 Å². The lowest BCUT2D eigenvalue weighted by Crippen LogP contribution is -2.36. The largest absolute Gasteiger partial charge is 0.496 e. The summed E-state index contributed by atoms with van der Waals surface area (Å²) in [6.07, 6.45) is 2.65. The number of hydrogen-bond donors (Lipinski definition) is 2. The summed E-state index contributed by atoms with van der Waals surface area (Å²) in [7, 11) is 1.69. The Morgan fingerprint density at radius 2 is 2.18 bits per heavy atom. The second-order valence-electron chi connectivity index (χ2n) is 3.85. The van der Waals surface area contributed by atoms with Gasteiger partial charge in [0.05, 0.1) is 7.11 Å². The number of hydrazine groups is 1. The summed E-state index contributed by atoms with van der Waals surface area (Å²) in [6, 6.07) is 8.24. The number of benzene rings is 1. The Hall–Kier alpha value is -1.50. The number of methoxy groups -OCH3 is 1. The third-order valence-corrected chi connectivity index (χ3v) is 2.69. The Morgan fingerprint density at radius 3 is 2.82 bits per heavy atom. The Bertz CT molecular complexity index is 393. The van der Waals surface area contributed by atoms with Crippen LogP contribution in [0.25, 0.3) is 0 Å². The summed E-state index contributed by atoms with van der Waals surface area (Å²) >= 11 is 0. The van der Waals surface area contributed by atoms with Gasteiger partial charge in [-0.25, -0.2) is 0 Å². The zero-order chi connectivity index (χ0) is 12.5. The highest BCUT2D eigenvalue weighted by Crippen LogP contribution is 2.19. The summed E-state index contributed by atoms with van der Waals surface area (Å²) in [5, 5.41) is 0. The van der Waals surface area contributed by atoms with Crippen LogP contribution in [0.15, 0.2) is 24.3 Å². The van der Waals surface area contributed by atoms with Crippen molar-refractivity contribution in [1.29, 1.82) is 0 Å². The molecule has 3 N–H and O–H groups in total. The number of nitrogens with two attached hydrogens (primary N) is 1. The van der Waals surface area contributed by atoms with E-state index in [1.54, 1.807) is 7.11 Å². The van der Waals surface area contributed by atoms with Gasteiger partial charge < -0.3 is 4.74 Å². The number of para-hydroxylation sites is 1. The van der Waals surface area contributed by atoms with E-state index in [0.717, 1.165) is 25.0 Å². The number of ether oxygens (including phenoxy) is 1. The third kappa shape index (κ3) is 4.48. The third-order valence-electron chi connectivity index (χ3n) is 2.69. The standard InChI is InChI=1S/C14H20N2O/c1-3-4-5-9-13(16-15)11-12-8-6-7-10-14(12)17-2/h6-8,10,13,16H,5,9,11,15H2,1-2H3. The number of rotatable bonds is 6. The van der Waals surface area contributed by atoms with E-state index in [0.29, 0.717) is 0 Å². The average molecular weight is 232 g/mol. The van der Waals surface area contributed by atoms with Gasteiger partial charge in [-0.2, -0.15) is 0 Å². The van der Waals surface area contributed by atoms with Crippen molar-refractivity contribution in [2.75, 3.05) is 7.11 Å². The molecule has 1 rings (SSSR count). The van der Waals surface area contributed by atoms with Crippen LogP contribution in [0, 0.1) is 11.8 Å². The van der Waals surface area contributed by atoms with Crippen LogP contribution in [-0.4, -0.2) is 13.2 Å². The van der Waals surface area contributed by atoms with Gasteiger partial charge in [0.2, 0.25) is 0 Å². The van der Waals surface area contributed by atoms with Crippen molar-refractivity contribution in [3.05, 3.63) is 29.8 Å². The smallest absolute Gasteiger partial charge is 0.122 e. The van der Waals surface area contributed by atoms with Gasteiger partial charge in [0.25, 0.3) is 0 Å². The zero-order valence-corrected chi connectivity index (χ0v) is 10.5. The van der Waals surface area contributed by atoms with Gasteiger partial charge in [-0.1, -0.05) is 18.2 Å². The highest BCUT2D eigenvalue weighted by Gasteiger charge is 2.10. The summed E-state index contributed by atoms with van der Waals surface area (Å²) in [4.78, 5) is 0. The summed E-state index contributed by atoms with van der Waals surface area (Å²) in [5.74, 6) is 12.4. The van der Waals surface area contributed by atoms with Gasteiger partial charge in [-0.3, -0.25) is 11.3 Å². The van der Waals surface area contributed by atoms with Crippen molar-refractivity contribution in [2.45, 2.75) is 32.2 Å². The summed E-state index contributed by atoms with van der Waals surface area (Å²) in [6.45, 7) is 1.85. The molecule has 3 nitrogen and oxygen atoms in total. The average Bonchev–Trinajstić information content (AvgIpc) is 2.38. The number of nitrogens with one attached hydrogen (secondary N) is 1. The van der Waals surface area contributed by atoms with Crippen molar-refractivity contribution in [3.8, 4) is 17.6 Å². The maximum absolute atomic E-state index is 5.56. The van der Waals surface area contributed by atoms with E-state index >= 15 is 0 Å². The molecule has 0 spiro atoms. The SMILES string of the molecule is CC#CCCC(Cc1ccccc1OC)NN. The van der Waals surface area contributed by atoms with Gasteiger partial charge in [0.15, 0.2) is 0 Å². The van der Waals surface area contributed by atoms with Gasteiger partial charge in [0.1, 0.15) is 5.75 Å². The minimum Gasteiger partial charge on any atom is -0.496 e. The summed E-state index contributed by atoms with van der Waals surface area (Å²) in [5.41, 5.74) is 4.01. The van der Waals surface area contributed by atoms with Gasteiger partial charge in [-0.15, -0.1) is 11.8 Å². The van der Waals surface area contributed by atoms with E-state index in [1.165, 1.54) is 5.56 Å². The first kappa shape index (κ1) is 13.6. The molecule has 0 saturated heterocycles. The molecule has 0 aliphatic rings. The highest BCUT2D eigenvalue weighted by atomic mass is 16.5. The topological polar surface area (TPSA) is 47.3 Å². The van der Waals surface area contributed by atoms with Crippen LogP contribution in [0.1, 0.15) is 25.3 Å². The molecule has 92 valence electrons. The molecule has 0 aliphatic heterocycles. The van der Waals surface area contributed by atoms with E-state index in [9.17, 15) is 0 Å². The monoisotopic (exact) mass is 232 g/mol. The lowest BCUT2D eigenvalue weighted by atomic mass is 10.0. The lowest BCUT2D eigenvalue weighted by molar-refractivity contribution is 0.403. The second-order valence-corrected chi connectivity index (χ2v) is 3.85. The normalized spacial score (nSPS) is 11.5. The minimum atomic E-state index is 0.229. The molecule has 3 heteroatoms. The van der Waals surface area contributed by atoms with E-state index in [-0.39, 0.29) is 6.04 Å². The Morgan fingerprint density at radius 1 is 1.41 bits per heavy atom. The fourth-order valence-corrected chi connectivity index (χ4v) is 1.75. The van der Waals surface area contributed by atoms with Crippen LogP contribution >= 0.6 is 0 Å². The molecular weight excluding hydrogens is 212 g/mol. The molecular formula is C14H20N2O.